The predicted molar refractivity (Wildman–Crippen MR) is 534 cm³/mol. The van der Waals surface area contributed by atoms with Gasteiger partial charge in [0, 0.05) is 85.0 Å². The molecule has 34 nitrogen and oxygen atoms in total. The second kappa shape index (κ2) is 49.8. The van der Waals surface area contributed by atoms with Crippen LogP contribution in [-0.2, 0) is 77.4 Å². The first-order chi connectivity index (χ1) is 64.3. The molecule has 14 heterocycles. The molecule has 8 unspecified atom stereocenters. The van der Waals surface area contributed by atoms with Crippen LogP contribution >= 0.6 is 128 Å². The van der Waals surface area contributed by atoms with E-state index < -0.39 is 5.25 Å². The van der Waals surface area contributed by atoms with Crippen molar-refractivity contribution in [3.8, 4) is 17.1 Å². The molecule has 716 valence electrons. The third kappa shape index (κ3) is 29.1. The number of nitrogens with zero attached hydrogens (tertiary/aromatic N) is 11. The number of imide groups is 5. The van der Waals surface area contributed by atoms with Crippen LogP contribution in [0.1, 0.15) is 139 Å². The number of nitrogens with two attached hydrogens (primary N) is 1. The van der Waals surface area contributed by atoms with Gasteiger partial charge in [-0.15, -0.1) is 53.7 Å². The predicted octanol–water partition coefficient (Wildman–Crippen LogP) is 14.0. The van der Waals surface area contributed by atoms with Gasteiger partial charge in [0.2, 0.25) is 76.0 Å². The number of amides is 12. The minimum atomic E-state index is -0.394. The van der Waals surface area contributed by atoms with Crippen LogP contribution in [0.15, 0.2) is 179 Å². The molecule has 8 aliphatic rings. The number of rotatable bonds is 17. The summed E-state index contributed by atoms with van der Waals surface area (Å²) in [5.41, 5.74) is 13.1. The molecule has 0 bridgehead atoms. The molecular formula is C90H99ClFN21O13S10. The van der Waals surface area contributed by atoms with E-state index in [2.05, 4.69) is 108 Å². The molecule has 11 N–H and O–H groups in total. The summed E-state index contributed by atoms with van der Waals surface area (Å²) in [5, 5.41) is 47.9. The maximum Gasteiger partial charge on any atom is 0.267 e. The number of thiophene rings is 1. The lowest BCUT2D eigenvalue weighted by Gasteiger charge is -2.25. The number of H-pyrrole nitrogens is 1. The van der Waals surface area contributed by atoms with Gasteiger partial charge >= 0.3 is 0 Å². The Balaban J connectivity index is 0.000000154. The van der Waals surface area contributed by atoms with Gasteiger partial charge in [0.05, 0.1) is 70.1 Å². The smallest absolute Gasteiger partial charge is 0.267 e. The van der Waals surface area contributed by atoms with Gasteiger partial charge in [0.1, 0.15) is 20.7 Å². The van der Waals surface area contributed by atoms with Crippen LogP contribution in [0.3, 0.4) is 0 Å². The molecule has 7 fully saturated rings. The van der Waals surface area contributed by atoms with Gasteiger partial charge < -0.3 is 31.2 Å². The third-order valence-corrected chi connectivity index (χ3v) is 33.2. The fraction of sp³-hybridized carbons (Fsp3) is 0.356. The number of imidazole rings is 1. The number of nitrogen functional groups attached to an aromatic ring is 1. The minimum absolute atomic E-state index is 0. The van der Waals surface area contributed by atoms with Gasteiger partial charge in [-0.1, -0.05) is 188 Å². The number of carbonyl (C=O) groups is 12. The van der Waals surface area contributed by atoms with Gasteiger partial charge in [-0.25, -0.2) is 19.3 Å². The van der Waals surface area contributed by atoms with Crippen molar-refractivity contribution in [2.45, 2.75) is 216 Å². The van der Waals surface area contributed by atoms with Crippen LogP contribution in [0, 0.1) is 25.6 Å². The summed E-state index contributed by atoms with van der Waals surface area (Å²) in [5.74, 6) is -1.56. The molecular weight excluding hydrogens is 1960 g/mol. The largest absolute Gasteiger partial charge is 0.397 e. The van der Waals surface area contributed by atoms with Crippen LogP contribution in [0.5, 0.6) is 0 Å². The number of carbonyl (C=O) groups excluding carboxylic acids is 12. The molecule has 0 spiro atoms. The maximum absolute atomic E-state index is 13.8. The topological polar surface area (TPSA) is 486 Å². The Morgan fingerprint density at radius 2 is 1.04 bits per heavy atom. The number of thioether (sulfide) groups is 7. The summed E-state index contributed by atoms with van der Waals surface area (Å²) in [4.78, 5) is 170. The zero-order chi connectivity index (χ0) is 95.4. The van der Waals surface area contributed by atoms with E-state index in [1.54, 1.807) is 77.2 Å². The fourth-order valence-corrected chi connectivity index (χ4v) is 24.7. The Hall–Kier alpha value is -11.0. The lowest BCUT2D eigenvalue weighted by Crippen LogP contribution is -2.42. The first kappa shape index (κ1) is 105. The van der Waals surface area contributed by atoms with Crippen LogP contribution < -0.4 is 53.8 Å². The van der Waals surface area contributed by atoms with Gasteiger partial charge in [0.15, 0.2) is 30.0 Å². The number of anilines is 2. The molecule has 136 heavy (non-hydrogen) atoms. The standard InChI is InChI=1S/C23H23N3O2S2.C14H13FN4O2S.C13H12ClN3OS.C12H13NO2S.C10H11N3O2S.C8H10N4O2S2.C8H9N3O2S2.2CH4/c1-13-8-9-16-18(12-13)29-21-20(16)22(28)26(15-6-4-3-5-7-15)23(25-21)30-17-10-11-19(27)24-14(17)2;1-19-12(8-4-2-3-5-9(8)15)17-18-14(19)22-10-6-7-11(20)16-13(10)21;1-7-2-5-11(12(18)15-7)19-13-16-9-4-3-8(14)6-10(9)17-13;1-8-2-4-9(5-3-8)16-10-6-7-11(14)13-12(10)15;11-6-2-1-5-12-10(6)16-7-3-4-8(14)13-9(7)15;1-9-7-11-12-8(16-7)15-4-2-3-5(13)10-6(4)14;1-4-10-11-8(14-4)15-5-2-3-6(12)9-7(5)13;;/h3-7,13,17H,2,8-12H2,1H3,(H,24,27);2-5,10H,6-7H2,1H3,(H,16,20,21);3-4,6,11H,1-2,5H2,(H,15,18)(H,16,17);2-5,10H,6-7H2,1H3,(H,13,14,15);1-2,5,7H,3-4,11H2,(H,13,14,15);4H,2-3H2,1H3,(H,9,11)(H,10,13,14);5H,2-3H2,1H3,(H,9,12,13);2*1H4. The molecule has 1 aliphatic carbocycles. The average Bonchev–Trinajstić information content (AvgIpc) is 1.59. The Labute approximate surface area is 828 Å². The Bertz CT molecular complexity index is 6350. The molecule has 12 amide bonds. The molecule has 0 radical (unpaired) electrons. The van der Waals surface area contributed by atoms with E-state index in [1.165, 1.54) is 127 Å². The fourth-order valence-electron chi connectivity index (χ4n) is 14.0. The molecule has 7 aliphatic heterocycles. The number of para-hydroxylation sites is 1. The van der Waals surface area contributed by atoms with Crippen molar-refractivity contribution in [2.24, 2.45) is 13.0 Å². The molecule has 46 heteroatoms. The first-order valence-electron chi connectivity index (χ1n) is 42.2. The van der Waals surface area contributed by atoms with E-state index in [0.29, 0.717) is 126 Å². The van der Waals surface area contributed by atoms with Crippen LogP contribution in [0.2, 0.25) is 5.02 Å². The normalized spacial score (nSPS) is 20.1. The Morgan fingerprint density at radius 1 is 0.515 bits per heavy atom. The lowest BCUT2D eigenvalue weighted by atomic mass is 9.89. The number of nitrogens with one attached hydrogen (secondary N) is 9. The summed E-state index contributed by atoms with van der Waals surface area (Å²) >= 11 is 20.2. The van der Waals surface area contributed by atoms with Crippen LogP contribution in [0.25, 0.3) is 38.3 Å². The summed E-state index contributed by atoms with van der Waals surface area (Å²) in [6.45, 7) is 14.0. The minimum Gasteiger partial charge on any atom is -0.397 e. The van der Waals surface area contributed by atoms with Crippen molar-refractivity contribution in [3.05, 3.63) is 182 Å². The van der Waals surface area contributed by atoms with Gasteiger partial charge in [-0.2, -0.15) is 0 Å². The molecule has 8 atom stereocenters. The summed E-state index contributed by atoms with van der Waals surface area (Å²) in [6, 6.07) is 33.0. The summed E-state index contributed by atoms with van der Waals surface area (Å²) < 4.78 is 18.7. The third-order valence-electron chi connectivity index (χ3n) is 21.0. The molecule has 11 aromatic rings. The van der Waals surface area contributed by atoms with Crippen LogP contribution in [0.4, 0.5) is 15.2 Å². The van der Waals surface area contributed by atoms with Crippen molar-refractivity contribution < 1.29 is 61.9 Å². The van der Waals surface area contributed by atoms with E-state index >= 15 is 0 Å². The van der Waals surface area contributed by atoms with E-state index in [4.69, 9.17) is 22.3 Å². The quantitative estimate of drug-likeness (QED) is 0.0299. The van der Waals surface area contributed by atoms with Gasteiger partial charge in [-0.05, 0) is 163 Å². The number of piperidine rings is 7. The number of aryl methyl sites for hydroxylation is 3. The number of aromatic amines is 1. The van der Waals surface area contributed by atoms with Crippen molar-refractivity contribution in [1.82, 2.24) is 96.9 Å². The molecule has 4 aromatic carbocycles. The highest BCUT2D eigenvalue weighted by atomic mass is 35.5. The van der Waals surface area contributed by atoms with Crippen LogP contribution in [-0.4, -0.2) is 174 Å². The monoisotopic (exact) mass is 2060 g/mol. The highest BCUT2D eigenvalue weighted by Gasteiger charge is 2.36. The zero-order valence-electron chi connectivity index (χ0n) is 72.7. The summed E-state index contributed by atoms with van der Waals surface area (Å²) in [6.07, 6.45) is 12.1. The van der Waals surface area contributed by atoms with Crippen molar-refractivity contribution in [3.63, 3.8) is 0 Å². The maximum atomic E-state index is 13.8. The van der Waals surface area contributed by atoms with Crippen molar-refractivity contribution in [2.75, 3.05) is 18.1 Å². The van der Waals surface area contributed by atoms with Crippen molar-refractivity contribution in [1.29, 1.82) is 0 Å². The van der Waals surface area contributed by atoms with E-state index in [9.17, 15) is 66.7 Å². The Morgan fingerprint density at radius 3 is 1.59 bits per heavy atom. The molecule has 7 aromatic heterocycles. The molecule has 7 saturated heterocycles. The van der Waals surface area contributed by atoms with E-state index in [-0.39, 0.29) is 129 Å². The molecule has 19 rings (SSSR count). The molecule has 0 saturated carbocycles. The highest BCUT2D eigenvalue weighted by molar-refractivity contribution is 8.03. The highest BCUT2D eigenvalue weighted by Crippen LogP contribution is 2.41. The second-order valence-corrected chi connectivity index (χ2v) is 43.7. The lowest BCUT2D eigenvalue weighted by molar-refractivity contribution is -0.134. The zero-order valence-corrected chi connectivity index (χ0v) is 81.6. The number of hydrogen-bond acceptors (Lipinski definition) is 34. The Kier molecular flexibility index (Phi) is 38.6. The number of aromatic nitrogens is 12. The summed E-state index contributed by atoms with van der Waals surface area (Å²) in [7, 11) is 3.48. The van der Waals surface area contributed by atoms with E-state index in [0.717, 1.165) is 93.6 Å². The number of halogens is 2. The number of benzene rings is 4. The van der Waals surface area contributed by atoms with Gasteiger partial charge in [0.25, 0.3) is 5.56 Å². The number of pyridine rings is 1. The number of hydrogen-bond donors (Lipinski definition) is 10. The number of fused-ring (bicyclic) bond motifs is 4. The van der Waals surface area contributed by atoms with Crippen molar-refractivity contribution >= 4 is 231 Å². The SMILES string of the molecule is C.C.C=C1CCC(Sc2nc3ccc(Cl)cc3[nH]2)C(=O)N1.C=C1NC(=O)CCC1Sc1nc2sc3c(c2c(=O)n1-c1ccccc1)CCC(C)C3.CNc1nnc(SC2CCC(=O)NC2=O)s1.Cc1ccc(SC2CCC(=O)NC2=O)cc1.Cc1nnc(SC2CCC(=O)NC2=O)s1.Cn1c(SC2CCC(=O)NC2=O)nnc1-c1ccccc1F.Nc1cccnc1SC1CCC(=O)NC1=O. The average molecular weight is 2060 g/mol. The first-order valence-corrected chi connectivity index (χ1v) is 51.2. The van der Waals surface area contributed by atoms with E-state index in [1.807, 2.05) is 80.6 Å². The second-order valence-electron chi connectivity index (χ2n) is 31.1. The van der Waals surface area contributed by atoms with Gasteiger partial charge in [-0.3, -0.25) is 93.5 Å². The number of allylic oxidation sites excluding steroid dienone is 1.